The summed E-state index contributed by atoms with van der Waals surface area (Å²) >= 11 is 0. The predicted octanol–water partition coefficient (Wildman–Crippen LogP) is 1.51. The van der Waals surface area contributed by atoms with Crippen LogP contribution in [0.15, 0.2) is 30.5 Å². The first kappa shape index (κ1) is 16.8. The number of aliphatic hydroxyl groups excluding tert-OH is 1. The monoisotopic (exact) mass is 331 g/mol. The molecule has 1 aromatic carbocycles. The Labute approximate surface area is 141 Å². The zero-order valence-corrected chi connectivity index (χ0v) is 14.0. The van der Waals surface area contributed by atoms with Gasteiger partial charge in [0.25, 0.3) is 0 Å². The molecule has 0 spiro atoms. The van der Waals surface area contributed by atoms with Crippen molar-refractivity contribution >= 4 is 16.8 Å². The van der Waals surface area contributed by atoms with Crippen LogP contribution in [0.4, 0.5) is 0 Å². The van der Waals surface area contributed by atoms with Gasteiger partial charge in [0.2, 0.25) is 5.91 Å². The summed E-state index contributed by atoms with van der Waals surface area (Å²) in [6.45, 7) is 4.19. The van der Waals surface area contributed by atoms with Crippen LogP contribution in [-0.4, -0.2) is 59.3 Å². The molecule has 0 radical (unpaired) electrons. The standard InChI is InChI=1S/C18H25N3O3/c1-13(22)20-14-6-9-21(10-7-14)11-15(23)12-24-18-4-2-3-17-16(18)5-8-19-17/h2-5,8,14-15,19,23H,6-7,9-12H2,1H3,(H,20,22). The lowest BCUT2D eigenvalue weighted by molar-refractivity contribution is -0.120. The van der Waals surface area contributed by atoms with Crippen molar-refractivity contribution in [1.29, 1.82) is 0 Å². The summed E-state index contributed by atoms with van der Waals surface area (Å²) in [6, 6.07) is 8.09. The van der Waals surface area contributed by atoms with E-state index in [-0.39, 0.29) is 18.6 Å². The third-order valence-electron chi connectivity index (χ3n) is 4.45. The van der Waals surface area contributed by atoms with E-state index in [4.69, 9.17) is 4.74 Å². The molecule has 6 heteroatoms. The molecule has 1 aliphatic heterocycles. The summed E-state index contributed by atoms with van der Waals surface area (Å²) in [4.78, 5) is 16.5. The van der Waals surface area contributed by atoms with Crippen molar-refractivity contribution in [2.45, 2.75) is 31.9 Å². The first-order valence-corrected chi connectivity index (χ1v) is 8.48. The number of carbonyl (C=O) groups is 1. The highest BCUT2D eigenvalue weighted by molar-refractivity contribution is 5.85. The average Bonchev–Trinajstić information content (AvgIpc) is 3.03. The van der Waals surface area contributed by atoms with Gasteiger partial charge >= 0.3 is 0 Å². The Bertz CT molecular complexity index is 677. The number of hydrogen-bond acceptors (Lipinski definition) is 4. The normalized spacial score (nSPS) is 17.8. The smallest absolute Gasteiger partial charge is 0.217 e. The number of carbonyl (C=O) groups excluding carboxylic acids is 1. The Kier molecular flexibility index (Phi) is 5.37. The Morgan fingerprint density at radius 2 is 2.21 bits per heavy atom. The molecule has 6 nitrogen and oxygen atoms in total. The lowest BCUT2D eigenvalue weighted by atomic mass is 10.0. The highest BCUT2D eigenvalue weighted by Gasteiger charge is 2.21. The van der Waals surface area contributed by atoms with Gasteiger partial charge in [-0.25, -0.2) is 0 Å². The molecule has 3 N–H and O–H groups in total. The highest BCUT2D eigenvalue weighted by atomic mass is 16.5. The second kappa shape index (κ2) is 7.68. The van der Waals surface area contributed by atoms with Crippen molar-refractivity contribution in [2.75, 3.05) is 26.2 Å². The van der Waals surface area contributed by atoms with Gasteiger partial charge in [0.1, 0.15) is 18.5 Å². The maximum absolute atomic E-state index is 11.1. The van der Waals surface area contributed by atoms with Crippen LogP contribution in [0.1, 0.15) is 19.8 Å². The number of β-amino-alcohol motifs (C(OH)–C–C–N with tert-alkyl or cyclic N) is 1. The quantitative estimate of drug-likeness (QED) is 0.750. The van der Waals surface area contributed by atoms with Crippen LogP contribution < -0.4 is 10.1 Å². The molecule has 0 bridgehead atoms. The number of fused-ring (bicyclic) bond motifs is 1. The van der Waals surface area contributed by atoms with E-state index < -0.39 is 6.10 Å². The first-order valence-electron chi connectivity index (χ1n) is 8.48. The van der Waals surface area contributed by atoms with Gasteiger partial charge in [0, 0.05) is 49.7 Å². The zero-order valence-electron chi connectivity index (χ0n) is 14.0. The second-order valence-electron chi connectivity index (χ2n) is 6.44. The fourth-order valence-corrected chi connectivity index (χ4v) is 3.27. The number of rotatable bonds is 6. The van der Waals surface area contributed by atoms with Crippen LogP contribution in [0.3, 0.4) is 0 Å². The van der Waals surface area contributed by atoms with Gasteiger partial charge in [0.05, 0.1) is 0 Å². The molecular weight excluding hydrogens is 306 g/mol. The van der Waals surface area contributed by atoms with Crippen LogP contribution in [0.25, 0.3) is 10.9 Å². The van der Waals surface area contributed by atoms with Gasteiger partial charge in [-0.2, -0.15) is 0 Å². The van der Waals surface area contributed by atoms with Gasteiger partial charge in [-0.05, 0) is 31.0 Å². The molecule has 0 saturated carbocycles. The van der Waals surface area contributed by atoms with E-state index in [0.29, 0.717) is 6.54 Å². The van der Waals surface area contributed by atoms with E-state index in [1.807, 2.05) is 30.5 Å². The lowest BCUT2D eigenvalue weighted by Gasteiger charge is -2.33. The third kappa shape index (κ3) is 4.27. The maximum atomic E-state index is 11.1. The van der Waals surface area contributed by atoms with Crippen LogP contribution in [0.5, 0.6) is 5.75 Å². The number of nitrogens with zero attached hydrogens (tertiary/aromatic N) is 1. The Balaban J connectivity index is 1.44. The number of hydrogen-bond donors (Lipinski definition) is 3. The molecule has 24 heavy (non-hydrogen) atoms. The van der Waals surface area contributed by atoms with Crippen molar-refractivity contribution in [3.63, 3.8) is 0 Å². The number of nitrogens with one attached hydrogen (secondary N) is 2. The molecule has 1 fully saturated rings. The largest absolute Gasteiger partial charge is 0.490 e. The van der Waals surface area contributed by atoms with Gasteiger partial charge in [-0.1, -0.05) is 6.07 Å². The molecule has 3 rings (SSSR count). The summed E-state index contributed by atoms with van der Waals surface area (Å²) in [5, 5.41) is 14.2. The number of amides is 1. The van der Waals surface area contributed by atoms with E-state index in [2.05, 4.69) is 15.2 Å². The van der Waals surface area contributed by atoms with Crippen LogP contribution in [0.2, 0.25) is 0 Å². The number of ether oxygens (including phenoxy) is 1. The number of benzene rings is 1. The van der Waals surface area contributed by atoms with Crippen LogP contribution >= 0.6 is 0 Å². The molecule has 130 valence electrons. The third-order valence-corrected chi connectivity index (χ3v) is 4.45. The fraction of sp³-hybridized carbons (Fsp3) is 0.500. The first-order chi connectivity index (χ1) is 11.6. The number of piperidine rings is 1. The molecule has 1 aromatic heterocycles. The number of aromatic amines is 1. The summed E-state index contributed by atoms with van der Waals surface area (Å²) in [5.41, 5.74) is 1.03. The molecule has 1 unspecified atom stereocenters. The molecule has 1 atom stereocenters. The number of H-pyrrole nitrogens is 1. The van der Waals surface area contributed by atoms with Crippen molar-refractivity contribution in [3.05, 3.63) is 30.5 Å². The Morgan fingerprint density at radius 1 is 1.42 bits per heavy atom. The van der Waals surface area contributed by atoms with E-state index >= 15 is 0 Å². The van der Waals surface area contributed by atoms with Gasteiger partial charge in [-0.15, -0.1) is 0 Å². The lowest BCUT2D eigenvalue weighted by Crippen LogP contribution is -2.46. The minimum atomic E-state index is -0.531. The highest BCUT2D eigenvalue weighted by Crippen LogP contribution is 2.24. The zero-order chi connectivity index (χ0) is 16.9. The molecule has 1 amide bonds. The van der Waals surface area contributed by atoms with Gasteiger partial charge < -0.3 is 25.0 Å². The van der Waals surface area contributed by atoms with E-state index in [9.17, 15) is 9.90 Å². The number of aliphatic hydroxyl groups is 1. The Hall–Kier alpha value is -2.05. The van der Waals surface area contributed by atoms with E-state index in [1.54, 1.807) is 6.92 Å². The van der Waals surface area contributed by atoms with Crippen molar-refractivity contribution in [1.82, 2.24) is 15.2 Å². The molecule has 1 aliphatic rings. The molecule has 0 aliphatic carbocycles. The number of likely N-dealkylation sites (tertiary alicyclic amines) is 1. The fourth-order valence-electron chi connectivity index (χ4n) is 3.27. The van der Waals surface area contributed by atoms with Crippen molar-refractivity contribution in [3.8, 4) is 5.75 Å². The van der Waals surface area contributed by atoms with Crippen molar-refractivity contribution in [2.24, 2.45) is 0 Å². The molecule has 2 aromatic rings. The molecule has 1 saturated heterocycles. The summed E-state index contributed by atoms with van der Waals surface area (Å²) in [7, 11) is 0. The molecular formula is C18H25N3O3. The Morgan fingerprint density at radius 3 is 2.96 bits per heavy atom. The van der Waals surface area contributed by atoms with Crippen molar-refractivity contribution < 1.29 is 14.6 Å². The predicted molar refractivity (Wildman–Crippen MR) is 93.1 cm³/mol. The van der Waals surface area contributed by atoms with Crippen LogP contribution in [0, 0.1) is 0 Å². The average molecular weight is 331 g/mol. The van der Waals surface area contributed by atoms with Gasteiger partial charge in [0.15, 0.2) is 0 Å². The second-order valence-corrected chi connectivity index (χ2v) is 6.44. The molecule has 2 heterocycles. The SMILES string of the molecule is CC(=O)NC1CCN(CC(O)COc2cccc3[nH]ccc23)CC1. The summed E-state index contributed by atoms with van der Waals surface area (Å²) in [5.74, 6) is 0.818. The minimum Gasteiger partial charge on any atom is -0.490 e. The summed E-state index contributed by atoms with van der Waals surface area (Å²) in [6.07, 6.45) is 3.20. The maximum Gasteiger partial charge on any atom is 0.217 e. The summed E-state index contributed by atoms with van der Waals surface area (Å²) < 4.78 is 5.80. The van der Waals surface area contributed by atoms with E-state index in [1.165, 1.54) is 0 Å². The van der Waals surface area contributed by atoms with Crippen LogP contribution in [-0.2, 0) is 4.79 Å². The number of aromatic nitrogens is 1. The topological polar surface area (TPSA) is 77.6 Å². The van der Waals surface area contributed by atoms with Gasteiger partial charge in [-0.3, -0.25) is 4.79 Å². The minimum absolute atomic E-state index is 0.0285. The van der Waals surface area contributed by atoms with E-state index in [0.717, 1.165) is 42.6 Å².